The minimum absolute atomic E-state index is 0.377. The average molecular weight is 196 g/mol. The van der Waals surface area contributed by atoms with Crippen LogP contribution >= 0.6 is 0 Å². The summed E-state index contributed by atoms with van der Waals surface area (Å²) in [7, 11) is 0. The van der Waals surface area contributed by atoms with E-state index < -0.39 is 6.17 Å². The summed E-state index contributed by atoms with van der Waals surface area (Å²) in [5.41, 5.74) is 6.50. The monoisotopic (exact) mass is 196 g/mol. The molecule has 1 aromatic rings. The van der Waals surface area contributed by atoms with E-state index >= 15 is 0 Å². The smallest absolute Gasteiger partial charge is 0.227 e. The van der Waals surface area contributed by atoms with Gasteiger partial charge in [0.15, 0.2) is 0 Å². The Morgan fingerprint density at radius 1 is 1.64 bits per heavy atom. The van der Waals surface area contributed by atoms with Crippen LogP contribution in [0.5, 0.6) is 0 Å². The van der Waals surface area contributed by atoms with Crippen molar-refractivity contribution in [1.29, 1.82) is 0 Å². The highest BCUT2D eigenvalue weighted by molar-refractivity contribution is 5.44. The number of aryl methyl sites for hydroxylation is 1. The maximum Gasteiger partial charge on any atom is 0.227 e. The summed E-state index contributed by atoms with van der Waals surface area (Å²) in [5.74, 6) is 1.01. The molecule has 5 heteroatoms. The second-order valence-corrected chi connectivity index (χ2v) is 3.57. The molecule has 2 heterocycles. The van der Waals surface area contributed by atoms with E-state index in [0.717, 1.165) is 5.56 Å². The molecule has 0 spiro atoms. The van der Waals surface area contributed by atoms with E-state index in [9.17, 15) is 4.39 Å². The molecule has 1 aromatic heterocycles. The number of rotatable bonds is 1. The number of aromatic nitrogens is 2. The predicted octanol–water partition coefficient (Wildman–Crippen LogP) is 0.915. The van der Waals surface area contributed by atoms with Crippen LogP contribution < -0.4 is 10.6 Å². The molecule has 0 radical (unpaired) electrons. The van der Waals surface area contributed by atoms with Crippen molar-refractivity contribution in [3.05, 3.63) is 11.8 Å². The van der Waals surface area contributed by atoms with Gasteiger partial charge in [0, 0.05) is 18.3 Å². The van der Waals surface area contributed by atoms with E-state index in [1.54, 1.807) is 6.20 Å². The fraction of sp³-hybridized carbons (Fsp3) is 0.556. The lowest BCUT2D eigenvalue weighted by molar-refractivity contribution is 0.364. The van der Waals surface area contributed by atoms with Crippen LogP contribution in [0.4, 0.5) is 16.2 Å². The number of nitrogens with zero attached hydrogens (tertiary/aromatic N) is 3. The first-order valence-corrected chi connectivity index (χ1v) is 4.65. The van der Waals surface area contributed by atoms with Gasteiger partial charge in [-0.2, -0.15) is 4.98 Å². The Hall–Kier alpha value is -1.39. The van der Waals surface area contributed by atoms with Crippen molar-refractivity contribution in [2.24, 2.45) is 0 Å². The van der Waals surface area contributed by atoms with Crippen LogP contribution in [0.2, 0.25) is 0 Å². The van der Waals surface area contributed by atoms with Crippen LogP contribution in [0.1, 0.15) is 12.0 Å². The molecule has 2 N–H and O–H groups in total. The molecule has 0 amide bonds. The van der Waals surface area contributed by atoms with E-state index in [4.69, 9.17) is 5.73 Å². The third kappa shape index (κ3) is 1.62. The van der Waals surface area contributed by atoms with Gasteiger partial charge in [0.2, 0.25) is 5.95 Å². The molecule has 1 aliphatic heterocycles. The van der Waals surface area contributed by atoms with Crippen LogP contribution in [0.15, 0.2) is 6.20 Å². The Balaban J connectivity index is 2.20. The van der Waals surface area contributed by atoms with Gasteiger partial charge in [-0.05, 0) is 13.3 Å². The van der Waals surface area contributed by atoms with E-state index in [2.05, 4.69) is 9.97 Å². The fourth-order valence-corrected chi connectivity index (χ4v) is 1.50. The Labute approximate surface area is 82.0 Å². The first-order chi connectivity index (χ1) is 6.66. The lowest BCUT2D eigenvalue weighted by Gasteiger charge is -2.15. The van der Waals surface area contributed by atoms with Crippen molar-refractivity contribution >= 4 is 11.8 Å². The molecule has 1 saturated heterocycles. The fourth-order valence-electron chi connectivity index (χ4n) is 1.50. The minimum atomic E-state index is -0.763. The number of anilines is 2. The highest BCUT2D eigenvalue weighted by atomic mass is 19.1. The molecule has 0 aromatic carbocycles. The van der Waals surface area contributed by atoms with E-state index in [1.165, 1.54) is 0 Å². The molecule has 4 nitrogen and oxygen atoms in total. The first-order valence-electron chi connectivity index (χ1n) is 4.65. The van der Waals surface area contributed by atoms with Gasteiger partial charge >= 0.3 is 0 Å². The molecule has 1 atom stereocenters. The lowest BCUT2D eigenvalue weighted by atomic mass is 10.3. The predicted molar refractivity (Wildman–Crippen MR) is 52.9 cm³/mol. The average Bonchev–Trinajstić information content (AvgIpc) is 2.57. The van der Waals surface area contributed by atoms with Crippen LogP contribution in [0, 0.1) is 6.92 Å². The van der Waals surface area contributed by atoms with Crippen LogP contribution in [-0.2, 0) is 0 Å². The highest BCUT2D eigenvalue weighted by Gasteiger charge is 2.23. The zero-order valence-electron chi connectivity index (χ0n) is 8.07. The first kappa shape index (κ1) is 9.18. The zero-order chi connectivity index (χ0) is 10.1. The van der Waals surface area contributed by atoms with Gasteiger partial charge in [0.25, 0.3) is 0 Å². The van der Waals surface area contributed by atoms with Crippen molar-refractivity contribution in [1.82, 2.24) is 9.97 Å². The number of hydrogen-bond acceptors (Lipinski definition) is 4. The molecule has 1 aliphatic rings. The molecular weight excluding hydrogens is 183 g/mol. The number of hydrogen-bond donors (Lipinski definition) is 1. The van der Waals surface area contributed by atoms with Crippen LogP contribution in [-0.4, -0.2) is 29.2 Å². The van der Waals surface area contributed by atoms with Crippen molar-refractivity contribution in [3.8, 4) is 0 Å². The molecule has 2 rings (SSSR count). The summed E-state index contributed by atoms with van der Waals surface area (Å²) in [4.78, 5) is 10.1. The molecule has 14 heavy (non-hydrogen) atoms. The second-order valence-electron chi connectivity index (χ2n) is 3.57. The van der Waals surface area contributed by atoms with Crippen molar-refractivity contribution in [2.75, 3.05) is 23.7 Å². The quantitative estimate of drug-likeness (QED) is 0.725. The number of alkyl halides is 1. The SMILES string of the molecule is Cc1cnc(N2CC[C@@H](F)C2)nc1N. The summed E-state index contributed by atoms with van der Waals surface area (Å²) in [6.07, 6.45) is 1.46. The summed E-state index contributed by atoms with van der Waals surface area (Å²) < 4.78 is 12.9. The van der Waals surface area contributed by atoms with Crippen molar-refractivity contribution in [3.63, 3.8) is 0 Å². The number of nitrogen functional groups attached to an aromatic ring is 1. The molecular formula is C9H13FN4. The molecule has 0 unspecified atom stereocenters. The Bertz CT molecular complexity index is 342. The molecule has 0 bridgehead atoms. The summed E-state index contributed by atoms with van der Waals surface area (Å²) in [6.45, 7) is 2.90. The lowest BCUT2D eigenvalue weighted by Crippen LogP contribution is -2.22. The Morgan fingerprint density at radius 2 is 2.43 bits per heavy atom. The maximum atomic E-state index is 12.9. The molecule has 0 aliphatic carbocycles. The largest absolute Gasteiger partial charge is 0.383 e. The van der Waals surface area contributed by atoms with Gasteiger partial charge in [0.1, 0.15) is 12.0 Å². The van der Waals surface area contributed by atoms with Crippen LogP contribution in [0.25, 0.3) is 0 Å². The maximum absolute atomic E-state index is 12.9. The summed E-state index contributed by atoms with van der Waals surface area (Å²) in [5, 5.41) is 0. The summed E-state index contributed by atoms with van der Waals surface area (Å²) >= 11 is 0. The second kappa shape index (κ2) is 3.40. The third-order valence-corrected chi connectivity index (χ3v) is 2.41. The van der Waals surface area contributed by atoms with Gasteiger partial charge in [0.05, 0.1) is 6.54 Å². The van der Waals surface area contributed by atoms with Crippen molar-refractivity contribution in [2.45, 2.75) is 19.5 Å². The van der Waals surface area contributed by atoms with Crippen molar-refractivity contribution < 1.29 is 4.39 Å². The molecule has 0 saturated carbocycles. The third-order valence-electron chi connectivity index (χ3n) is 2.41. The Morgan fingerprint density at radius 3 is 3.00 bits per heavy atom. The number of halogens is 1. The van der Waals surface area contributed by atoms with Gasteiger partial charge < -0.3 is 10.6 Å². The molecule has 76 valence electrons. The zero-order valence-corrected chi connectivity index (χ0v) is 8.07. The number of nitrogens with two attached hydrogens (primary N) is 1. The highest BCUT2D eigenvalue weighted by Crippen LogP contribution is 2.19. The topological polar surface area (TPSA) is 55.0 Å². The van der Waals surface area contributed by atoms with E-state index in [-0.39, 0.29) is 0 Å². The standard InChI is InChI=1S/C9H13FN4/c1-6-4-12-9(13-8(6)11)14-3-2-7(10)5-14/h4,7H,2-3,5H2,1H3,(H2,11,12,13)/t7-/m1/s1. The van der Waals surface area contributed by atoms with Gasteiger partial charge in [-0.25, -0.2) is 9.37 Å². The Kier molecular flexibility index (Phi) is 2.23. The van der Waals surface area contributed by atoms with Gasteiger partial charge in [-0.15, -0.1) is 0 Å². The normalized spacial score (nSPS) is 21.6. The van der Waals surface area contributed by atoms with E-state index in [0.29, 0.717) is 31.3 Å². The minimum Gasteiger partial charge on any atom is -0.383 e. The molecule has 1 fully saturated rings. The van der Waals surface area contributed by atoms with Gasteiger partial charge in [-0.1, -0.05) is 0 Å². The van der Waals surface area contributed by atoms with Crippen LogP contribution in [0.3, 0.4) is 0 Å². The van der Waals surface area contributed by atoms with E-state index in [1.807, 2.05) is 11.8 Å². The van der Waals surface area contributed by atoms with Gasteiger partial charge in [-0.3, -0.25) is 0 Å². The summed E-state index contributed by atoms with van der Waals surface area (Å²) in [6, 6.07) is 0.